The van der Waals surface area contributed by atoms with E-state index in [2.05, 4.69) is 39.5 Å². The van der Waals surface area contributed by atoms with Gasteiger partial charge in [-0.25, -0.2) is 0 Å². The minimum Gasteiger partial charge on any atom is -0.506 e. The summed E-state index contributed by atoms with van der Waals surface area (Å²) in [7, 11) is 0. The van der Waals surface area contributed by atoms with Gasteiger partial charge < -0.3 is 10.0 Å². The van der Waals surface area contributed by atoms with E-state index in [1.54, 1.807) is 18.2 Å². The molecule has 3 aliphatic rings. The Bertz CT molecular complexity index is 977. The van der Waals surface area contributed by atoms with Gasteiger partial charge in [0.1, 0.15) is 5.75 Å². The molecule has 0 amide bonds. The summed E-state index contributed by atoms with van der Waals surface area (Å²) in [6.07, 6.45) is 3.49. The van der Waals surface area contributed by atoms with Crippen LogP contribution in [0.15, 0.2) is 40.7 Å². The molecule has 0 atom stereocenters. The third-order valence-electron chi connectivity index (χ3n) is 6.77. The number of hydrogen-bond donors (Lipinski definition) is 1. The molecule has 1 heterocycles. The summed E-state index contributed by atoms with van der Waals surface area (Å²) in [5.74, 6) is -0.177. The molecule has 4 rings (SSSR count). The summed E-state index contributed by atoms with van der Waals surface area (Å²) in [4.78, 5) is 29.4. The number of phenols is 1. The average Bonchev–Trinajstić information content (AvgIpc) is 2.63. The molecule has 4 nitrogen and oxygen atoms in total. The molecule has 1 N–H and O–H groups in total. The van der Waals surface area contributed by atoms with E-state index in [9.17, 15) is 14.7 Å². The van der Waals surface area contributed by atoms with Crippen molar-refractivity contribution in [2.45, 2.75) is 72.6 Å². The lowest BCUT2D eigenvalue weighted by atomic mass is 9.63. The minimum absolute atomic E-state index is 0.00412. The summed E-state index contributed by atoms with van der Waals surface area (Å²) in [6, 6.07) is 5.08. The molecule has 0 unspecified atom stereocenters. The highest BCUT2D eigenvalue weighted by atomic mass is 35.5. The number of benzene rings is 1. The smallest absolute Gasteiger partial charge is 0.162 e. The largest absolute Gasteiger partial charge is 0.506 e. The van der Waals surface area contributed by atoms with E-state index in [1.807, 2.05) is 0 Å². The van der Waals surface area contributed by atoms with Gasteiger partial charge in [-0.1, -0.05) is 52.3 Å². The van der Waals surface area contributed by atoms with Crippen LogP contribution in [0.2, 0.25) is 5.02 Å². The number of carbonyl (C=O) groups excluding carboxylic acids is 2. The molecule has 0 saturated carbocycles. The first-order valence-corrected chi connectivity index (χ1v) is 11.6. The number of halogens is 1. The molecule has 1 aromatic carbocycles. The van der Waals surface area contributed by atoms with Crippen LogP contribution in [0.25, 0.3) is 0 Å². The van der Waals surface area contributed by atoms with Gasteiger partial charge in [-0.3, -0.25) is 9.59 Å². The molecule has 1 aliphatic heterocycles. The van der Waals surface area contributed by atoms with E-state index in [1.165, 1.54) is 0 Å². The first kappa shape index (κ1) is 22.1. The Morgan fingerprint density at radius 1 is 0.968 bits per heavy atom. The summed E-state index contributed by atoms with van der Waals surface area (Å²) in [5, 5.41) is 10.2. The quantitative estimate of drug-likeness (QED) is 0.611. The van der Waals surface area contributed by atoms with Gasteiger partial charge in [-0.2, -0.15) is 0 Å². The van der Waals surface area contributed by atoms with Crippen LogP contribution in [0.4, 0.5) is 0 Å². The van der Waals surface area contributed by atoms with Crippen LogP contribution in [0, 0.1) is 10.8 Å². The van der Waals surface area contributed by atoms with E-state index in [4.69, 9.17) is 11.6 Å². The predicted octanol–water partition coefficient (Wildman–Crippen LogP) is 6.14. The number of phenolic OH excluding ortho intramolecular Hbond substituents is 1. The third-order valence-corrected chi connectivity index (χ3v) is 7.08. The normalized spacial score (nSPS) is 23.2. The van der Waals surface area contributed by atoms with Crippen molar-refractivity contribution >= 4 is 23.2 Å². The van der Waals surface area contributed by atoms with Gasteiger partial charge in [0.05, 0.1) is 5.02 Å². The van der Waals surface area contributed by atoms with Crippen LogP contribution < -0.4 is 0 Å². The van der Waals surface area contributed by atoms with Crippen molar-refractivity contribution in [3.05, 3.63) is 51.3 Å². The maximum atomic E-state index is 13.5. The molecule has 0 fully saturated rings. The highest BCUT2D eigenvalue weighted by Gasteiger charge is 2.48. The standard InChI is InChI=1S/C26H32ClNO3/c1-6-9-28-17-11-25(2,3)13-20(30)23(17)22(15-7-8-19(29)16(27)10-15)24-18(28)12-26(4,5)14-21(24)31/h7-8,10,22,29H,6,9,11-14H2,1-5H3. The number of carbonyl (C=O) groups is 2. The fraction of sp³-hybridized carbons (Fsp3) is 0.538. The Morgan fingerprint density at radius 3 is 1.94 bits per heavy atom. The van der Waals surface area contributed by atoms with Crippen molar-refractivity contribution in [3.63, 3.8) is 0 Å². The lowest BCUT2D eigenvalue weighted by molar-refractivity contribution is -0.119. The molecule has 0 spiro atoms. The van der Waals surface area contributed by atoms with Gasteiger partial charge in [-0.15, -0.1) is 0 Å². The Morgan fingerprint density at radius 2 is 1.48 bits per heavy atom. The summed E-state index contributed by atoms with van der Waals surface area (Å²) in [6.45, 7) is 11.5. The Labute approximate surface area is 190 Å². The van der Waals surface area contributed by atoms with Gasteiger partial charge in [0.15, 0.2) is 11.6 Å². The number of nitrogens with zero attached hydrogens (tertiary/aromatic N) is 1. The van der Waals surface area contributed by atoms with Crippen LogP contribution >= 0.6 is 11.6 Å². The lowest BCUT2D eigenvalue weighted by Gasteiger charge is -2.49. The van der Waals surface area contributed by atoms with Gasteiger partial charge in [0.2, 0.25) is 0 Å². The maximum absolute atomic E-state index is 13.5. The maximum Gasteiger partial charge on any atom is 0.162 e. The number of ketones is 2. The molecule has 5 heteroatoms. The Hall–Kier alpha value is -2.07. The third kappa shape index (κ3) is 3.84. The van der Waals surface area contributed by atoms with E-state index < -0.39 is 5.92 Å². The Kier molecular flexibility index (Phi) is 5.36. The summed E-state index contributed by atoms with van der Waals surface area (Å²) < 4.78 is 0. The molecule has 0 aromatic heterocycles. The fourth-order valence-corrected chi connectivity index (χ4v) is 5.77. The van der Waals surface area contributed by atoms with E-state index in [0.717, 1.165) is 53.9 Å². The second kappa shape index (κ2) is 7.51. The van der Waals surface area contributed by atoms with E-state index in [0.29, 0.717) is 12.8 Å². The highest BCUT2D eigenvalue weighted by molar-refractivity contribution is 6.32. The molecular weight excluding hydrogens is 410 g/mol. The molecule has 0 saturated heterocycles. The van der Waals surface area contributed by atoms with E-state index >= 15 is 0 Å². The summed E-state index contributed by atoms with van der Waals surface area (Å²) >= 11 is 6.26. The zero-order chi connectivity index (χ0) is 22.7. The zero-order valence-electron chi connectivity index (χ0n) is 19.1. The molecule has 31 heavy (non-hydrogen) atoms. The molecule has 1 aromatic rings. The second-order valence-corrected chi connectivity index (χ2v) is 11.3. The average molecular weight is 442 g/mol. The van der Waals surface area contributed by atoms with Crippen LogP contribution in [-0.4, -0.2) is 28.1 Å². The van der Waals surface area contributed by atoms with Gasteiger partial charge in [0, 0.05) is 47.8 Å². The topological polar surface area (TPSA) is 57.6 Å². The molecule has 2 aliphatic carbocycles. The number of hydrogen-bond acceptors (Lipinski definition) is 4. The van der Waals surface area contributed by atoms with Crippen molar-refractivity contribution in [1.82, 2.24) is 4.90 Å². The molecular formula is C26H32ClNO3. The van der Waals surface area contributed by atoms with Crippen LogP contribution in [0.3, 0.4) is 0 Å². The minimum atomic E-state index is -0.414. The Balaban J connectivity index is 2.00. The predicted molar refractivity (Wildman–Crippen MR) is 123 cm³/mol. The SMILES string of the molecule is CCCN1C2=C(C(=O)CC(C)(C)C2)C(c2ccc(O)c(Cl)c2)C2=C1CC(C)(C)CC2=O. The fourth-order valence-electron chi connectivity index (χ4n) is 5.58. The molecule has 0 radical (unpaired) electrons. The van der Waals surface area contributed by atoms with Crippen LogP contribution in [-0.2, 0) is 9.59 Å². The lowest BCUT2D eigenvalue weighted by Crippen LogP contribution is -2.44. The summed E-state index contributed by atoms with van der Waals surface area (Å²) in [5.41, 5.74) is 4.21. The highest BCUT2D eigenvalue weighted by Crippen LogP contribution is 2.54. The van der Waals surface area contributed by atoms with Crippen molar-refractivity contribution in [3.8, 4) is 5.75 Å². The van der Waals surface area contributed by atoms with Crippen molar-refractivity contribution in [2.24, 2.45) is 10.8 Å². The number of Topliss-reactive ketones (excluding diaryl/α,β-unsaturated/α-hetero) is 2. The van der Waals surface area contributed by atoms with Gasteiger partial charge >= 0.3 is 0 Å². The van der Waals surface area contributed by atoms with Crippen LogP contribution in [0.1, 0.15) is 78.2 Å². The monoisotopic (exact) mass is 441 g/mol. The molecule has 166 valence electrons. The first-order valence-electron chi connectivity index (χ1n) is 11.2. The number of allylic oxidation sites excluding steroid dienone is 4. The van der Waals surface area contributed by atoms with E-state index in [-0.39, 0.29) is 33.2 Å². The molecule has 0 bridgehead atoms. The second-order valence-electron chi connectivity index (χ2n) is 10.9. The first-order chi connectivity index (χ1) is 14.4. The van der Waals surface area contributed by atoms with Crippen LogP contribution in [0.5, 0.6) is 5.75 Å². The van der Waals surface area contributed by atoms with Crippen molar-refractivity contribution in [1.29, 1.82) is 0 Å². The zero-order valence-corrected chi connectivity index (χ0v) is 19.9. The van der Waals surface area contributed by atoms with Crippen molar-refractivity contribution in [2.75, 3.05) is 6.54 Å². The van der Waals surface area contributed by atoms with Gasteiger partial charge in [0.25, 0.3) is 0 Å². The number of rotatable bonds is 3. The van der Waals surface area contributed by atoms with Crippen molar-refractivity contribution < 1.29 is 14.7 Å². The number of aromatic hydroxyl groups is 1. The van der Waals surface area contributed by atoms with Gasteiger partial charge in [-0.05, 0) is 47.8 Å².